The van der Waals surface area contributed by atoms with E-state index < -0.39 is 0 Å². The van der Waals surface area contributed by atoms with Crippen LogP contribution in [0.3, 0.4) is 0 Å². The van der Waals surface area contributed by atoms with E-state index in [2.05, 4.69) is 5.32 Å². The summed E-state index contributed by atoms with van der Waals surface area (Å²) in [5, 5.41) is 3.69. The topological polar surface area (TPSA) is 67.9 Å². The molecule has 1 fully saturated rings. The number of piperidine rings is 1. The molecule has 2 aromatic rings. The van der Waals surface area contributed by atoms with Crippen LogP contribution in [0, 0.1) is 13.8 Å². The Morgan fingerprint density at radius 1 is 1.10 bits per heavy atom. The summed E-state index contributed by atoms with van der Waals surface area (Å²) < 4.78 is 11.0. The number of carbonyl (C=O) groups is 2. The Morgan fingerprint density at radius 2 is 1.73 bits per heavy atom. The van der Waals surface area contributed by atoms with Gasteiger partial charge in [0.1, 0.15) is 12.4 Å². The zero-order valence-electron chi connectivity index (χ0n) is 17.3. The number of halogens is 1. The van der Waals surface area contributed by atoms with Crippen molar-refractivity contribution in [3.63, 3.8) is 0 Å². The SMILES string of the molecule is Cc1cc(OCC(=O)NC2CCN(C(=O)OCc3ccccc3)CC2)cc(C)c1Cl. The first-order chi connectivity index (χ1) is 14.4. The summed E-state index contributed by atoms with van der Waals surface area (Å²) in [5.41, 5.74) is 2.79. The number of amides is 2. The summed E-state index contributed by atoms with van der Waals surface area (Å²) in [6.45, 7) is 5.11. The number of aryl methyl sites for hydroxylation is 2. The first kappa shape index (κ1) is 22.0. The average molecular weight is 431 g/mol. The molecule has 1 saturated heterocycles. The molecular formula is C23H27ClN2O4. The van der Waals surface area contributed by atoms with Crippen LogP contribution < -0.4 is 10.1 Å². The Balaban J connectivity index is 1.37. The van der Waals surface area contributed by atoms with Crippen molar-refractivity contribution in [3.05, 3.63) is 64.2 Å². The molecule has 6 nitrogen and oxygen atoms in total. The number of hydrogen-bond acceptors (Lipinski definition) is 4. The Bertz CT molecular complexity index is 857. The minimum atomic E-state index is -0.319. The first-order valence-electron chi connectivity index (χ1n) is 10.1. The summed E-state index contributed by atoms with van der Waals surface area (Å²) >= 11 is 6.15. The van der Waals surface area contributed by atoms with Gasteiger partial charge >= 0.3 is 6.09 Å². The molecule has 1 aliphatic rings. The van der Waals surface area contributed by atoms with E-state index in [1.807, 2.05) is 56.3 Å². The van der Waals surface area contributed by atoms with E-state index in [4.69, 9.17) is 21.1 Å². The number of nitrogens with zero attached hydrogens (tertiary/aromatic N) is 1. The second-order valence-electron chi connectivity index (χ2n) is 7.53. The van der Waals surface area contributed by atoms with Gasteiger partial charge in [0.05, 0.1) is 0 Å². The van der Waals surface area contributed by atoms with Gasteiger partial charge in [0.2, 0.25) is 0 Å². The third-order valence-corrected chi connectivity index (χ3v) is 5.70. The lowest BCUT2D eigenvalue weighted by atomic mass is 10.1. The molecule has 0 saturated carbocycles. The van der Waals surface area contributed by atoms with Gasteiger partial charge in [-0.05, 0) is 55.5 Å². The second-order valence-corrected chi connectivity index (χ2v) is 7.91. The molecule has 0 unspecified atom stereocenters. The van der Waals surface area contributed by atoms with Crippen molar-refractivity contribution < 1.29 is 19.1 Å². The minimum absolute atomic E-state index is 0.0213. The zero-order valence-corrected chi connectivity index (χ0v) is 18.1. The maximum atomic E-state index is 12.2. The molecule has 1 aliphatic heterocycles. The van der Waals surface area contributed by atoms with Crippen LogP contribution in [-0.4, -0.2) is 42.6 Å². The second kappa shape index (κ2) is 10.3. The first-order valence-corrected chi connectivity index (χ1v) is 10.4. The van der Waals surface area contributed by atoms with Crippen LogP contribution >= 0.6 is 11.6 Å². The van der Waals surface area contributed by atoms with E-state index in [1.165, 1.54) is 0 Å². The fraction of sp³-hybridized carbons (Fsp3) is 0.391. The van der Waals surface area contributed by atoms with E-state index >= 15 is 0 Å². The van der Waals surface area contributed by atoms with Gasteiger partial charge in [-0.25, -0.2) is 4.79 Å². The summed E-state index contributed by atoms with van der Waals surface area (Å²) in [4.78, 5) is 26.1. The predicted octanol–water partition coefficient (Wildman–Crippen LogP) is 4.25. The molecule has 7 heteroatoms. The highest BCUT2D eigenvalue weighted by Gasteiger charge is 2.25. The van der Waals surface area contributed by atoms with Crippen LogP contribution in [0.25, 0.3) is 0 Å². The number of likely N-dealkylation sites (tertiary alicyclic amines) is 1. The molecule has 0 aromatic heterocycles. The van der Waals surface area contributed by atoms with Crippen molar-refractivity contribution in [2.45, 2.75) is 39.3 Å². The predicted molar refractivity (Wildman–Crippen MR) is 116 cm³/mol. The highest BCUT2D eigenvalue weighted by atomic mass is 35.5. The number of nitrogens with one attached hydrogen (secondary N) is 1. The molecular weight excluding hydrogens is 404 g/mol. The monoisotopic (exact) mass is 430 g/mol. The molecule has 160 valence electrons. The number of benzene rings is 2. The molecule has 0 atom stereocenters. The van der Waals surface area contributed by atoms with Crippen LogP contribution in [0.2, 0.25) is 5.02 Å². The van der Waals surface area contributed by atoms with Crippen LogP contribution in [0.5, 0.6) is 5.75 Å². The van der Waals surface area contributed by atoms with E-state index in [0.29, 0.717) is 36.7 Å². The average Bonchev–Trinajstić information content (AvgIpc) is 2.75. The zero-order chi connectivity index (χ0) is 21.5. The lowest BCUT2D eigenvalue weighted by molar-refractivity contribution is -0.124. The lowest BCUT2D eigenvalue weighted by Gasteiger charge is -2.31. The summed E-state index contributed by atoms with van der Waals surface area (Å²) in [6, 6.07) is 13.3. The van der Waals surface area contributed by atoms with Gasteiger partial charge in [-0.1, -0.05) is 41.9 Å². The molecule has 0 spiro atoms. The quantitative estimate of drug-likeness (QED) is 0.743. The molecule has 1 N–H and O–H groups in total. The van der Waals surface area contributed by atoms with Crippen LogP contribution in [-0.2, 0) is 16.1 Å². The Hall–Kier alpha value is -2.73. The minimum Gasteiger partial charge on any atom is -0.484 e. The Morgan fingerprint density at radius 3 is 2.37 bits per heavy atom. The maximum Gasteiger partial charge on any atom is 0.410 e. The number of ether oxygens (including phenoxy) is 2. The fourth-order valence-corrected chi connectivity index (χ4v) is 3.53. The molecule has 0 radical (unpaired) electrons. The third kappa shape index (κ3) is 6.13. The molecule has 1 heterocycles. The molecule has 3 rings (SSSR count). The molecule has 30 heavy (non-hydrogen) atoms. The van der Waals surface area contributed by atoms with Crippen molar-refractivity contribution in [1.82, 2.24) is 10.2 Å². The van der Waals surface area contributed by atoms with Gasteiger partial charge in [-0.3, -0.25) is 4.79 Å². The number of carbonyl (C=O) groups excluding carboxylic acids is 2. The standard InChI is InChI=1S/C23H27ClN2O4/c1-16-12-20(13-17(2)22(16)24)29-15-21(27)25-19-8-10-26(11-9-19)23(28)30-14-18-6-4-3-5-7-18/h3-7,12-13,19H,8-11,14-15H2,1-2H3,(H,25,27). The van der Waals surface area contributed by atoms with Crippen molar-refractivity contribution in [3.8, 4) is 5.75 Å². The number of rotatable bonds is 6. The van der Waals surface area contributed by atoms with Crippen molar-refractivity contribution in [1.29, 1.82) is 0 Å². The smallest absolute Gasteiger partial charge is 0.410 e. The van der Waals surface area contributed by atoms with Gasteiger partial charge in [0.25, 0.3) is 5.91 Å². The summed E-state index contributed by atoms with van der Waals surface area (Å²) in [6.07, 6.45) is 1.05. The van der Waals surface area contributed by atoms with Crippen molar-refractivity contribution in [2.24, 2.45) is 0 Å². The van der Waals surface area contributed by atoms with E-state index in [1.54, 1.807) is 4.90 Å². The van der Waals surface area contributed by atoms with E-state index in [9.17, 15) is 9.59 Å². The third-order valence-electron chi connectivity index (χ3n) is 5.10. The van der Waals surface area contributed by atoms with Crippen LogP contribution in [0.1, 0.15) is 29.5 Å². The number of hydrogen-bond donors (Lipinski definition) is 1. The molecule has 0 bridgehead atoms. The normalized spacial score (nSPS) is 14.3. The maximum absolute atomic E-state index is 12.2. The van der Waals surface area contributed by atoms with Gasteiger partial charge in [-0.2, -0.15) is 0 Å². The van der Waals surface area contributed by atoms with Gasteiger partial charge in [0.15, 0.2) is 6.61 Å². The molecule has 2 aromatic carbocycles. The largest absolute Gasteiger partial charge is 0.484 e. The van der Waals surface area contributed by atoms with Gasteiger partial charge in [-0.15, -0.1) is 0 Å². The molecule has 0 aliphatic carbocycles. The van der Waals surface area contributed by atoms with Crippen molar-refractivity contribution in [2.75, 3.05) is 19.7 Å². The summed E-state index contributed by atoms with van der Waals surface area (Å²) in [7, 11) is 0. The highest BCUT2D eigenvalue weighted by Crippen LogP contribution is 2.25. The van der Waals surface area contributed by atoms with Crippen molar-refractivity contribution >= 4 is 23.6 Å². The molecule has 2 amide bonds. The Labute approximate surface area is 182 Å². The fourth-order valence-electron chi connectivity index (χ4n) is 3.42. The summed E-state index contributed by atoms with van der Waals surface area (Å²) in [5.74, 6) is 0.450. The van der Waals surface area contributed by atoms with Crippen LogP contribution in [0.15, 0.2) is 42.5 Å². The lowest BCUT2D eigenvalue weighted by Crippen LogP contribution is -2.47. The highest BCUT2D eigenvalue weighted by molar-refractivity contribution is 6.32. The van der Waals surface area contributed by atoms with Crippen LogP contribution in [0.4, 0.5) is 4.79 Å². The van der Waals surface area contributed by atoms with E-state index in [-0.39, 0.29) is 31.3 Å². The van der Waals surface area contributed by atoms with Gasteiger partial charge in [0, 0.05) is 24.2 Å². The Kier molecular flexibility index (Phi) is 7.57. The van der Waals surface area contributed by atoms with Gasteiger partial charge < -0.3 is 19.7 Å². The van der Waals surface area contributed by atoms with E-state index in [0.717, 1.165) is 16.7 Å².